The van der Waals surface area contributed by atoms with Gasteiger partial charge in [0.2, 0.25) is 0 Å². The van der Waals surface area contributed by atoms with E-state index in [0.29, 0.717) is 17.3 Å². The summed E-state index contributed by atoms with van der Waals surface area (Å²) >= 11 is 12.1. The number of ether oxygens (including phenoxy) is 1. The van der Waals surface area contributed by atoms with Crippen molar-refractivity contribution in [2.45, 2.75) is 6.92 Å². The number of benzene rings is 3. The van der Waals surface area contributed by atoms with Crippen LogP contribution in [0.25, 0.3) is 16.8 Å². The molecule has 3 aromatic carbocycles. The van der Waals surface area contributed by atoms with Gasteiger partial charge < -0.3 is 10.1 Å². The number of nitriles is 1. The fourth-order valence-corrected chi connectivity index (χ4v) is 3.14. The van der Waals surface area contributed by atoms with Crippen molar-refractivity contribution in [3.63, 3.8) is 0 Å². The lowest BCUT2D eigenvalue weighted by atomic mass is 10.0. The van der Waals surface area contributed by atoms with Crippen LogP contribution in [-0.4, -0.2) is 12.5 Å². The highest BCUT2D eigenvalue weighted by Crippen LogP contribution is 2.31. The summed E-state index contributed by atoms with van der Waals surface area (Å²) in [5.41, 5.74) is 1.03. The van der Waals surface area contributed by atoms with E-state index in [4.69, 9.17) is 27.9 Å². The molecule has 0 saturated carbocycles. The Bertz CT molecular complexity index is 1120. The quantitative estimate of drug-likeness (QED) is 0.408. The summed E-state index contributed by atoms with van der Waals surface area (Å²) in [7, 11) is 0. The highest BCUT2D eigenvalue weighted by atomic mass is 35.5. The Balaban J connectivity index is 1.99. The molecule has 28 heavy (non-hydrogen) atoms. The van der Waals surface area contributed by atoms with Gasteiger partial charge in [0.1, 0.15) is 17.4 Å². The number of carbonyl (C=O) groups is 1. The normalized spacial score (nSPS) is 11.1. The largest absolute Gasteiger partial charge is 0.493 e. The first-order valence-electron chi connectivity index (χ1n) is 8.57. The first kappa shape index (κ1) is 19.8. The lowest BCUT2D eigenvalue weighted by molar-refractivity contribution is -0.112. The second-order valence-corrected chi connectivity index (χ2v) is 6.64. The van der Waals surface area contributed by atoms with Gasteiger partial charge in [-0.1, -0.05) is 59.6 Å². The first-order valence-corrected chi connectivity index (χ1v) is 9.32. The van der Waals surface area contributed by atoms with Crippen molar-refractivity contribution in [3.8, 4) is 11.8 Å². The van der Waals surface area contributed by atoms with E-state index in [1.807, 2.05) is 49.4 Å². The molecule has 0 unspecified atom stereocenters. The number of fused-ring (bicyclic) bond motifs is 1. The van der Waals surface area contributed by atoms with Crippen LogP contribution >= 0.6 is 23.2 Å². The Labute approximate surface area is 172 Å². The number of halogens is 2. The van der Waals surface area contributed by atoms with Crippen molar-refractivity contribution in [1.29, 1.82) is 5.26 Å². The van der Waals surface area contributed by atoms with E-state index in [1.165, 1.54) is 0 Å². The number of anilines is 1. The predicted molar refractivity (Wildman–Crippen MR) is 114 cm³/mol. The number of carbonyl (C=O) groups excluding carboxylic acids is 1. The van der Waals surface area contributed by atoms with E-state index < -0.39 is 5.91 Å². The topological polar surface area (TPSA) is 62.1 Å². The molecule has 0 aliphatic rings. The standard InChI is InChI=1S/C22H16Cl2N2O2/c1-2-28-20-11-10-14(16-6-3-4-7-17(16)20)12-15(13-25)22(27)26-19-9-5-8-18(23)21(19)24/h3-12H,2H2,1H3,(H,26,27)/b15-12-. The van der Waals surface area contributed by atoms with Crippen LogP contribution in [0.15, 0.2) is 60.2 Å². The zero-order chi connectivity index (χ0) is 20.1. The van der Waals surface area contributed by atoms with Crippen molar-refractivity contribution >= 4 is 51.6 Å². The van der Waals surface area contributed by atoms with E-state index in [2.05, 4.69) is 5.32 Å². The van der Waals surface area contributed by atoms with E-state index in [9.17, 15) is 10.1 Å². The van der Waals surface area contributed by atoms with Crippen LogP contribution in [0.1, 0.15) is 12.5 Å². The molecule has 0 aliphatic carbocycles. The van der Waals surface area contributed by atoms with E-state index in [0.717, 1.165) is 22.1 Å². The lowest BCUT2D eigenvalue weighted by Gasteiger charge is -2.10. The van der Waals surface area contributed by atoms with Gasteiger partial charge in [-0.25, -0.2) is 0 Å². The van der Waals surface area contributed by atoms with Gasteiger partial charge in [-0.15, -0.1) is 0 Å². The molecule has 1 N–H and O–H groups in total. The maximum atomic E-state index is 12.6. The number of nitrogens with zero attached hydrogens (tertiary/aromatic N) is 1. The molecule has 6 heteroatoms. The van der Waals surface area contributed by atoms with Gasteiger partial charge in [0.05, 0.1) is 22.3 Å². The molecular weight excluding hydrogens is 395 g/mol. The highest BCUT2D eigenvalue weighted by Gasteiger charge is 2.14. The van der Waals surface area contributed by atoms with Crippen LogP contribution in [0.2, 0.25) is 10.0 Å². The predicted octanol–water partition coefficient (Wildman–Crippen LogP) is 6.09. The summed E-state index contributed by atoms with van der Waals surface area (Å²) in [5, 5.41) is 14.5. The average molecular weight is 411 g/mol. The molecule has 4 nitrogen and oxygen atoms in total. The minimum Gasteiger partial charge on any atom is -0.493 e. The molecule has 0 spiro atoms. The molecule has 140 valence electrons. The Morgan fingerprint density at radius 3 is 2.57 bits per heavy atom. The SMILES string of the molecule is CCOc1ccc(/C=C(/C#N)C(=O)Nc2cccc(Cl)c2Cl)c2ccccc12. The molecule has 0 fully saturated rings. The minimum absolute atomic E-state index is 0.0506. The lowest BCUT2D eigenvalue weighted by Crippen LogP contribution is -2.13. The van der Waals surface area contributed by atoms with E-state index in [1.54, 1.807) is 24.3 Å². The molecule has 3 aromatic rings. The minimum atomic E-state index is -0.565. The zero-order valence-corrected chi connectivity index (χ0v) is 16.5. The molecule has 0 radical (unpaired) electrons. The second-order valence-electron chi connectivity index (χ2n) is 5.86. The molecule has 0 saturated heterocycles. The van der Waals surface area contributed by atoms with Crippen molar-refractivity contribution in [2.24, 2.45) is 0 Å². The summed E-state index contributed by atoms with van der Waals surface area (Å²) in [6, 6.07) is 18.2. The molecule has 1 amide bonds. The molecule has 0 aromatic heterocycles. The molecule has 0 atom stereocenters. The third-order valence-corrected chi connectivity index (χ3v) is 4.90. The van der Waals surface area contributed by atoms with Gasteiger partial charge in [0.15, 0.2) is 0 Å². The maximum Gasteiger partial charge on any atom is 0.266 e. The van der Waals surface area contributed by atoms with Gasteiger partial charge in [-0.2, -0.15) is 5.26 Å². The average Bonchev–Trinajstić information content (AvgIpc) is 2.71. The van der Waals surface area contributed by atoms with E-state index in [-0.39, 0.29) is 10.6 Å². The molecule has 0 bridgehead atoms. The fraction of sp³-hybridized carbons (Fsp3) is 0.0909. The van der Waals surface area contributed by atoms with Gasteiger partial charge in [0, 0.05) is 5.39 Å². The maximum absolute atomic E-state index is 12.6. The van der Waals surface area contributed by atoms with Crippen LogP contribution in [0.4, 0.5) is 5.69 Å². The summed E-state index contributed by atoms with van der Waals surface area (Å²) in [6.07, 6.45) is 1.55. The summed E-state index contributed by atoms with van der Waals surface area (Å²) in [4.78, 5) is 12.6. The van der Waals surface area contributed by atoms with Gasteiger partial charge in [-0.05, 0) is 42.1 Å². The Morgan fingerprint density at radius 2 is 1.86 bits per heavy atom. The smallest absolute Gasteiger partial charge is 0.266 e. The van der Waals surface area contributed by atoms with Crippen molar-refractivity contribution in [1.82, 2.24) is 0 Å². The third kappa shape index (κ3) is 4.12. The van der Waals surface area contributed by atoms with Crippen molar-refractivity contribution < 1.29 is 9.53 Å². The summed E-state index contributed by atoms with van der Waals surface area (Å²) in [6.45, 7) is 2.47. The molecule has 0 heterocycles. The van der Waals surface area contributed by atoms with Crippen molar-refractivity contribution in [3.05, 3.63) is 75.8 Å². The highest BCUT2D eigenvalue weighted by molar-refractivity contribution is 6.44. The number of nitrogens with one attached hydrogen (secondary N) is 1. The molecule has 3 rings (SSSR count). The Morgan fingerprint density at radius 1 is 1.11 bits per heavy atom. The van der Waals surface area contributed by atoms with Crippen LogP contribution in [0, 0.1) is 11.3 Å². The Hall–Kier alpha value is -3.00. The van der Waals surface area contributed by atoms with Gasteiger partial charge in [-0.3, -0.25) is 4.79 Å². The zero-order valence-electron chi connectivity index (χ0n) is 15.0. The van der Waals surface area contributed by atoms with Gasteiger partial charge >= 0.3 is 0 Å². The number of rotatable bonds is 5. The summed E-state index contributed by atoms with van der Waals surface area (Å²) < 4.78 is 5.66. The second kappa shape index (κ2) is 8.79. The van der Waals surface area contributed by atoms with Gasteiger partial charge in [0.25, 0.3) is 5.91 Å². The number of amides is 1. The van der Waals surface area contributed by atoms with Crippen LogP contribution in [-0.2, 0) is 4.79 Å². The fourth-order valence-electron chi connectivity index (χ4n) is 2.80. The van der Waals surface area contributed by atoms with Crippen LogP contribution in [0.3, 0.4) is 0 Å². The Kier molecular flexibility index (Phi) is 6.20. The van der Waals surface area contributed by atoms with Crippen molar-refractivity contribution in [2.75, 3.05) is 11.9 Å². The summed E-state index contributed by atoms with van der Waals surface area (Å²) in [5.74, 6) is 0.188. The number of hydrogen-bond donors (Lipinski definition) is 1. The monoisotopic (exact) mass is 410 g/mol. The van der Waals surface area contributed by atoms with Crippen LogP contribution in [0.5, 0.6) is 5.75 Å². The first-order chi connectivity index (χ1) is 13.5. The third-order valence-electron chi connectivity index (χ3n) is 4.08. The molecular formula is C22H16Cl2N2O2. The van der Waals surface area contributed by atoms with E-state index >= 15 is 0 Å². The molecule has 0 aliphatic heterocycles. The number of hydrogen-bond acceptors (Lipinski definition) is 3. The van der Waals surface area contributed by atoms with Crippen LogP contribution < -0.4 is 10.1 Å².